The number of nitrogens with zero attached hydrogens (tertiary/aromatic N) is 5. The zero-order valence-corrected chi connectivity index (χ0v) is 24.6. The minimum Gasteiger partial charge on any atom is -0.495 e. The summed E-state index contributed by atoms with van der Waals surface area (Å²) in [6, 6.07) is 5.82. The van der Waals surface area contributed by atoms with Crippen LogP contribution in [0.25, 0.3) is 0 Å². The highest BCUT2D eigenvalue weighted by molar-refractivity contribution is 5.99. The summed E-state index contributed by atoms with van der Waals surface area (Å²) >= 11 is 0. The molecule has 0 bridgehead atoms. The molecule has 41 heavy (non-hydrogen) atoms. The van der Waals surface area contributed by atoms with Crippen LogP contribution in [-0.4, -0.2) is 79.6 Å². The van der Waals surface area contributed by atoms with E-state index >= 15 is 0 Å². The highest BCUT2D eigenvalue weighted by Crippen LogP contribution is 2.38. The predicted octanol–water partition coefficient (Wildman–Crippen LogP) is 4.36. The number of amides is 2. The average Bonchev–Trinajstić information content (AvgIpc) is 3.08. The third-order valence-electron chi connectivity index (χ3n) is 8.62. The van der Waals surface area contributed by atoms with E-state index in [1.165, 1.54) is 19.3 Å². The summed E-state index contributed by atoms with van der Waals surface area (Å²) in [7, 11) is 5.47. The molecule has 1 aliphatic carbocycles. The maximum absolute atomic E-state index is 13.3. The van der Waals surface area contributed by atoms with E-state index in [1.807, 2.05) is 12.1 Å². The van der Waals surface area contributed by atoms with Crippen molar-refractivity contribution in [1.29, 1.82) is 0 Å². The monoisotopic (exact) mass is 561 g/mol. The number of hydrogen-bond donors (Lipinski definition) is 2. The van der Waals surface area contributed by atoms with Gasteiger partial charge in [-0.15, -0.1) is 6.58 Å². The van der Waals surface area contributed by atoms with E-state index in [2.05, 4.69) is 39.0 Å². The van der Waals surface area contributed by atoms with Crippen LogP contribution >= 0.6 is 0 Å². The van der Waals surface area contributed by atoms with E-state index in [9.17, 15) is 9.59 Å². The Balaban J connectivity index is 1.40. The number of fused-ring (bicyclic) bond motifs is 1. The molecule has 0 spiro atoms. The molecule has 2 aliphatic heterocycles. The number of hydrogen-bond acceptors (Lipinski definition) is 8. The van der Waals surface area contributed by atoms with Crippen molar-refractivity contribution in [3.8, 4) is 5.75 Å². The van der Waals surface area contributed by atoms with Gasteiger partial charge in [0.25, 0.3) is 5.91 Å². The normalized spacial score (nSPS) is 22.1. The molecule has 2 unspecified atom stereocenters. The molecule has 1 saturated heterocycles. The first-order valence-corrected chi connectivity index (χ1v) is 14.8. The van der Waals surface area contributed by atoms with Crippen LogP contribution in [-0.2, 0) is 4.79 Å². The van der Waals surface area contributed by atoms with Crippen LogP contribution < -0.4 is 25.2 Å². The lowest BCUT2D eigenvalue weighted by atomic mass is 9.93. The molecule has 3 heterocycles. The second-order valence-electron chi connectivity index (χ2n) is 11.6. The predicted molar refractivity (Wildman–Crippen MR) is 162 cm³/mol. The molecule has 5 rings (SSSR count). The number of likely N-dealkylation sites (tertiary alicyclic amines) is 1. The lowest BCUT2D eigenvalue weighted by Gasteiger charge is -2.36. The van der Waals surface area contributed by atoms with E-state index in [1.54, 1.807) is 37.4 Å². The number of piperidine rings is 1. The smallest absolute Gasteiger partial charge is 0.251 e. The van der Waals surface area contributed by atoms with E-state index in [-0.39, 0.29) is 23.8 Å². The summed E-state index contributed by atoms with van der Waals surface area (Å²) in [5, 5.41) is 6.46. The van der Waals surface area contributed by atoms with E-state index in [4.69, 9.17) is 9.72 Å². The Morgan fingerprint density at radius 2 is 1.95 bits per heavy atom. The maximum Gasteiger partial charge on any atom is 0.251 e. The fourth-order valence-electron chi connectivity index (χ4n) is 6.37. The summed E-state index contributed by atoms with van der Waals surface area (Å²) in [6.45, 7) is 6.41. The second kappa shape index (κ2) is 12.9. The van der Waals surface area contributed by atoms with Gasteiger partial charge >= 0.3 is 0 Å². The number of allylic oxidation sites excluding steroid dienone is 1. The number of nitrogens with one attached hydrogen (secondary N) is 2. The highest BCUT2D eigenvalue weighted by Gasteiger charge is 2.36. The Morgan fingerprint density at radius 3 is 2.68 bits per heavy atom. The number of ether oxygens (including phenoxy) is 1. The largest absolute Gasteiger partial charge is 0.495 e. The van der Waals surface area contributed by atoms with Crippen molar-refractivity contribution in [3.63, 3.8) is 0 Å². The van der Waals surface area contributed by atoms with Crippen LogP contribution in [0, 0.1) is 5.92 Å². The Labute approximate surface area is 243 Å². The fourth-order valence-corrected chi connectivity index (χ4v) is 6.37. The number of likely N-dealkylation sites (N-methyl/N-ethyl adjacent to an activating group) is 1. The number of anilines is 4. The van der Waals surface area contributed by atoms with Gasteiger partial charge in [0.2, 0.25) is 11.9 Å². The van der Waals surface area contributed by atoms with Gasteiger partial charge in [-0.3, -0.25) is 9.59 Å². The first kappa shape index (κ1) is 28.9. The molecule has 2 atom stereocenters. The lowest BCUT2D eigenvalue weighted by molar-refractivity contribution is -0.121. The highest BCUT2D eigenvalue weighted by atomic mass is 16.5. The summed E-state index contributed by atoms with van der Waals surface area (Å²) in [5.41, 5.74) is 1.92. The van der Waals surface area contributed by atoms with Crippen molar-refractivity contribution >= 4 is 35.0 Å². The van der Waals surface area contributed by atoms with Crippen LogP contribution in [0.5, 0.6) is 5.75 Å². The van der Waals surface area contributed by atoms with Crippen molar-refractivity contribution in [2.75, 3.05) is 56.0 Å². The van der Waals surface area contributed by atoms with Crippen molar-refractivity contribution < 1.29 is 14.3 Å². The van der Waals surface area contributed by atoms with Gasteiger partial charge in [0.15, 0.2) is 5.82 Å². The summed E-state index contributed by atoms with van der Waals surface area (Å²) in [4.78, 5) is 42.1. The van der Waals surface area contributed by atoms with Crippen LogP contribution in [0.2, 0.25) is 0 Å². The Hall–Kier alpha value is -3.66. The van der Waals surface area contributed by atoms with Gasteiger partial charge in [-0.1, -0.05) is 25.3 Å². The first-order chi connectivity index (χ1) is 19.9. The molecule has 3 aliphatic rings. The van der Waals surface area contributed by atoms with Crippen molar-refractivity contribution in [2.45, 2.75) is 63.5 Å². The summed E-state index contributed by atoms with van der Waals surface area (Å²) in [6.07, 6.45) is 12.0. The molecule has 2 fully saturated rings. The number of benzene rings is 1. The molecular formula is C31H43N7O3. The van der Waals surface area contributed by atoms with Crippen LogP contribution in [0.3, 0.4) is 0 Å². The van der Waals surface area contributed by atoms with Crippen LogP contribution in [0.15, 0.2) is 37.1 Å². The van der Waals surface area contributed by atoms with Gasteiger partial charge < -0.3 is 30.1 Å². The zero-order chi connectivity index (χ0) is 28.9. The van der Waals surface area contributed by atoms with Crippen molar-refractivity contribution in [1.82, 2.24) is 20.2 Å². The Morgan fingerprint density at radius 1 is 1.15 bits per heavy atom. The van der Waals surface area contributed by atoms with Gasteiger partial charge in [0.1, 0.15) is 11.4 Å². The number of methoxy groups -OCH3 is 1. The molecule has 2 amide bonds. The molecule has 2 N–H and O–H groups in total. The number of aromatic nitrogens is 2. The minimum absolute atomic E-state index is 0.0594. The standard InChI is InChI=1S/C31H43N7O3/c1-5-10-22-19-38(24-12-7-6-8-13-24)28-26(37(3)30(22)40)18-32-31(35-28)34-25-15-14-21(17-27(25)41-4)29(39)33-23-11-9-16-36(2)20-23/h5,14-15,17-18,22-24H,1,6-13,16,19-20H2,2-4H3,(H,33,39)(H,32,34,35). The van der Waals surface area contributed by atoms with Crippen LogP contribution in [0.4, 0.5) is 23.1 Å². The van der Waals surface area contributed by atoms with E-state index in [0.717, 1.165) is 44.6 Å². The minimum atomic E-state index is -0.183. The van der Waals surface area contributed by atoms with Gasteiger partial charge in [0, 0.05) is 37.8 Å². The Kier molecular flexibility index (Phi) is 9.07. The molecule has 1 aromatic heterocycles. The lowest BCUT2D eigenvalue weighted by Crippen LogP contribution is -2.46. The number of carbonyl (C=O) groups is 2. The average molecular weight is 562 g/mol. The van der Waals surface area contributed by atoms with Gasteiger partial charge in [-0.2, -0.15) is 4.98 Å². The topological polar surface area (TPSA) is 103 Å². The first-order valence-electron chi connectivity index (χ1n) is 14.8. The SMILES string of the molecule is C=CCC1CN(C2CCCCC2)c2nc(Nc3ccc(C(=O)NC4CCCN(C)C4)cc3OC)ncc2N(C)C1=O. The second-order valence-corrected chi connectivity index (χ2v) is 11.6. The van der Waals surface area contributed by atoms with Crippen molar-refractivity contribution in [3.05, 3.63) is 42.6 Å². The molecule has 2 aromatic rings. The van der Waals surface area contributed by atoms with Crippen LogP contribution in [0.1, 0.15) is 61.7 Å². The summed E-state index contributed by atoms with van der Waals surface area (Å²) < 4.78 is 5.66. The third kappa shape index (κ3) is 6.48. The molecule has 1 saturated carbocycles. The Bertz CT molecular complexity index is 1260. The fraction of sp³-hybridized carbons (Fsp3) is 0.548. The van der Waals surface area contributed by atoms with E-state index in [0.29, 0.717) is 47.6 Å². The molecule has 1 aromatic carbocycles. The van der Waals surface area contributed by atoms with Gasteiger partial charge in [0.05, 0.1) is 24.9 Å². The van der Waals surface area contributed by atoms with E-state index < -0.39 is 0 Å². The molecule has 0 radical (unpaired) electrons. The number of rotatable bonds is 8. The van der Waals surface area contributed by atoms with Crippen molar-refractivity contribution in [2.24, 2.45) is 5.92 Å². The summed E-state index contributed by atoms with van der Waals surface area (Å²) in [5.74, 6) is 1.47. The zero-order valence-electron chi connectivity index (χ0n) is 24.6. The number of carbonyl (C=O) groups excluding carboxylic acids is 2. The molecule has 220 valence electrons. The third-order valence-corrected chi connectivity index (χ3v) is 8.62. The quantitative estimate of drug-likeness (QED) is 0.459. The molecular weight excluding hydrogens is 518 g/mol. The molecule has 10 heteroatoms. The van der Waals surface area contributed by atoms with Gasteiger partial charge in [-0.25, -0.2) is 4.98 Å². The maximum atomic E-state index is 13.3. The molecule has 10 nitrogen and oxygen atoms in total. The van der Waals surface area contributed by atoms with Gasteiger partial charge in [-0.05, 0) is 63.9 Å².